The number of anilines is 1. The Morgan fingerprint density at radius 3 is 2.64 bits per heavy atom. The van der Waals surface area contributed by atoms with Crippen molar-refractivity contribution in [1.29, 1.82) is 0 Å². The predicted octanol–water partition coefficient (Wildman–Crippen LogP) is 2.99. The van der Waals surface area contributed by atoms with E-state index in [4.69, 9.17) is 4.74 Å². The summed E-state index contributed by atoms with van der Waals surface area (Å²) >= 11 is 0. The van der Waals surface area contributed by atoms with Crippen molar-refractivity contribution in [3.63, 3.8) is 0 Å². The molecule has 5 heteroatoms. The van der Waals surface area contributed by atoms with Crippen LogP contribution < -0.4 is 5.32 Å². The molecule has 2 aliphatic heterocycles. The molecule has 5 nitrogen and oxygen atoms in total. The Balaban J connectivity index is 1.21. The van der Waals surface area contributed by atoms with Crippen molar-refractivity contribution >= 4 is 16.7 Å². The number of ether oxygens (including phenoxy) is 1. The van der Waals surface area contributed by atoms with Gasteiger partial charge in [-0.1, -0.05) is 11.6 Å². The highest BCUT2D eigenvalue weighted by molar-refractivity contribution is 5.89. The molecule has 3 fully saturated rings. The second-order valence-electron chi connectivity index (χ2n) is 8.29. The number of fused-ring (bicyclic) bond motifs is 1. The molecule has 0 atom stereocenters. The first-order valence-electron chi connectivity index (χ1n) is 9.51. The Bertz CT molecular complexity index is 772. The number of hydrogen-bond acceptors (Lipinski definition) is 5. The molecule has 1 saturated carbocycles. The monoisotopic (exact) mass is 338 g/mol. The maximum absolute atomic E-state index is 5.39. The topological polar surface area (TPSA) is 50.3 Å². The summed E-state index contributed by atoms with van der Waals surface area (Å²) in [5.74, 6) is 0.992. The average Bonchev–Trinajstić information content (AvgIpc) is 2.54. The number of rotatable bonds is 3. The molecule has 2 saturated heterocycles. The van der Waals surface area contributed by atoms with Gasteiger partial charge in [-0.25, -0.2) is 9.97 Å². The average molecular weight is 338 g/mol. The fourth-order valence-corrected chi connectivity index (χ4v) is 4.71. The maximum atomic E-state index is 5.39. The van der Waals surface area contributed by atoms with E-state index >= 15 is 0 Å². The number of likely N-dealkylation sites (tertiary alicyclic amines) is 1. The summed E-state index contributed by atoms with van der Waals surface area (Å²) in [5.41, 5.74) is 2.80. The molecule has 0 radical (unpaired) electrons. The van der Waals surface area contributed by atoms with Gasteiger partial charge >= 0.3 is 0 Å². The van der Waals surface area contributed by atoms with Gasteiger partial charge in [0.15, 0.2) is 0 Å². The second kappa shape index (κ2) is 5.92. The lowest BCUT2D eigenvalue weighted by Crippen LogP contribution is -2.68. The summed E-state index contributed by atoms with van der Waals surface area (Å²) < 4.78 is 5.39. The van der Waals surface area contributed by atoms with Gasteiger partial charge in [0.05, 0.1) is 18.7 Å². The van der Waals surface area contributed by atoms with E-state index in [1.54, 1.807) is 6.33 Å². The van der Waals surface area contributed by atoms with E-state index < -0.39 is 0 Å². The van der Waals surface area contributed by atoms with Gasteiger partial charge in [-0.05, 0) is 44.7 Å². The quantitative estimate of drug-likeness (QED) is 0.932. The van der Waals surface area contributed by atoms with Crippen LogP contribution in [-0.2, 0) is 4.74 Å². The number of hydrogen-bond donors (Lipinski definition) is 1. The SMILES string of the molecule is Cc1ccc2ncnc(N[C@H]3CC[C@H](N4CC5(COC5)C4)CC3)c2c1. The minimum absolute atomic E-state index is 0.525. The molecule has 25 heavy (non-hydrogen) atoms. The molecule has 0 amide bonds. The molecular weight excluding hydrogens is 312 g/mol. The van der Waals surface area contributed by atoms with Crippen molar-refractivity contribution in [2.45, 2.75) is 44.7 Å². The van der Waals surface area contributed by atoms with Gasteiger partial charge in [0.2, 0.25) is 0 Å². The lowest BCUT2D eigenvalue weighted by Gasteiger charge is -2.58. The van der Waals surface area contributed by atoms with Crippen LogP contribution in [0, 0.1) is 12.3 Å². The summed E-state index contributed by atoms with van der Waals surface area (Å²) in [6.45, 7) is 6.60. The van der Waals surface area contributed by atoms with E-state index in [-0.39, 0.29) is 0 Å². The van der Waals surface area contributed by atoms with Crippen LogP contribution in [0.15, 0.2) is 24.5 Å². The zero-order valence-corrected chi connectivity index (χ0v) is 14.9. The Morgan fingerprint density at radius 1 is 1.12 bits per heavy atom. The molecular formula is C20H26N4O. The van der Waals surface area contributed by atoms with Crippen molar-refractivity contribution < 1.29 is 4.74 Å². The molecule has 1 spiro atoms. The first kappa shape index (κ1) is 15.5. The van der Waals surface area contributed by atoms with Gasteiger partial charge in [0.1, 0.15) is 12.1 Å². The largest absolute Gasteiger partial charge is 0.380 e. The molecule has 1 aromatic carbocycles. The minimum Gasteiger partial charge on any atom is -0.380 e. The Labute approximate surface area is 148 Å². The smallest absolute Gasteiger partial charge is 0.137 e. The van der Waals surface area contributed by atoms with E-state index in [0.29, 0.717) is 11.5 Å². The van der Waals surface area contributed by atoms with Crippen molar-refractivity contribution in [2.75, 3.05) is 31.6 Å². The lowest BCUT2D eigenvalue weighted by atomic mass is 9.75. The van der Waals surface area contributed by atoms with Crippen molar-refractivity contribution in [3.8, 4) is 0 Å². The maximum Gasteiger partial charge on any atom is 0.137 e. The van der Waals surface area contributed by atoms with Gasteiger partial charge in [-0.2, -0.15) is 0 Å². The van der Waals surface area contributed by atoms with Crippen LogP contribution in [0.1, 0.15) is 31.2 Å². The normalized spacial score (nSPS) is 28.5. The van der Waals surface area contributed by atoms with Crippen molar-refractivity contribution in [1.82, 2.24) is 14.9 Å². The van der Waals surface area contributed by atoms with Crippen LogP contribution in [0.3, 0.4) is 0 Å². The van der Waals surface area contributed by atoms with E-state index in [2.05, 4.69) is 45.3 Å². The Hall–Kier alpha value is -1.72. The molecule has 132 valence electrons. The van der Waals surface area contributed by atoms with Gasteiger partial charge in [-0.3, -0.25) is 4.90 Å². The van der Waals surface area contributed by atoms with Crippen molar-refractivity contribution in [2.24, 2.45) is 5.41 Å². The highest BCUT2D eigenvalue weighted by Gasteiger charge is 2.50. The molecule has 2 aromatic rings. The van der Waals surface area contributed by atoms with E-state index in [9.17, 15) is 0 Å². The van der Waals surface area contributed by atoms with Crippen LogP contribution in [0.2, 0.25) is 0 Å². The molecule has 3 heterocycles. The lowest BCUT2D eigenvalue weighted by molar-refractivity contribution is -0.200. The minimum atomic E-state index is 0.525. The van der Waals surface area contributed by atoms with Gasteiger partial charge in [0, 0.05) is 36.0 Å². The number of nitrogens with zero attached hydrogens (tertiary/aromatic N) is 3. The summed E-state index contributed by atoms with van der Waals surface area (Å²) in [5, 5.41) is 4.83. The third-order valence-corrected chi connectivity index (χ3v) is 6.24. The first-order chi connectivity index (χ1) is 12.2. The highest BCUT2D eigenvalue weighted by atomic mass is 16.5. The summed E-state index contributed by atoms with van der Waals surface area (Å²) in [6, 6.07) is 7.67. The van der Waals surface area contributed by atoms with Crippen LogP contribution in [-0.4, -0.2) is 53.3 Å². The third kappa shape index (κ3) is 2.79. The van der Waals surface area contributed by atoms with Gasteiger partial charge < -0.3 is 10.1 Å². The summed E-state index contributed by atoms with van der Waals surface area (Å²) in [4.78, 5) is 11.6. The van der Waals surface area contributed by atoms with E-state index in [1.807, 2.05) is 0 Å². The number of aryl methyl sites for hydroxylation is 1. The molecule has 5 rings (SSSR count). The Morgan fingerprint density at radius 2 is 1.92 bits per heavy atom. The third-order valence-electron chi connectivity index (χ3n) is 6.24. The van der Waals surface area contributed by atoms with Gasteiger partial charge in [-0.15, -0.1) is 0 Å². The molecule has 0 unspecified atom stereocenters. The standard InChI is InChI=1S/C20H26N4O/c1-14-2-7-18-17(8-14)19(22-13-21-18)23-15-3-5-16(6-4-15)24-9-20(10-24)11-25-12-20/h2,7-8,13,15-16H,3-6,9-12H2,1H3,(H,21,22,23)/t15-,16-. The van der Waals surface area contributed by atoms with Crippen LogP contribution >= 0.6 is 0 Å². The molecule has 3 aliphatic rings. The van der Waals surface area contributed by atoms with Crippen LogP contribution in [0.5, 0.6) is 0 Å². The zero-order valence-electron chi connectivity index (χ0n) is 14.9. The van der Waals surface area contributed by atoms with Crippen LogP contribution in [0.4, 0.5) is 5.82 Å². The molecule has 1 aliphatic carbocycles. The molecule has 1 aromatic heterocycles. The zero-order chi connectivity index (χ0) is 16.9. The summed E-state index contributed by atoms with van der Waals surface area (Å²) in [6.07, 6.45) is 6.70. The predicted molar refractivity (Wildman–Crippen MR) is 98.8 cm³/mol. The van der Waals surface area contributed by atoms with Gasteiger partial charge in [0.25, 0.3) is 0 Å². The fraction of sp³-hybridized carbons (Fsp3) is 0.600. The number of nitrogens with one attached hydrogen (secondary N) is 1. The van der Waals surface area contributed by atoms with E-state index in [0.717, 1.165) is 36.0 Å². The number of benzene rings is 1. The molecule has 1 N–H and O–H groups in total. The summed E-state index contributed by atoms with van der Waals surface area (Å²) in [7, 11) is 0. The number of aromatic nitrogens is 2. The fourth-order valence-electron chi connectivity index (χ4n) is 4.71. The van der Waals surface area contributed by atoms with E-state index in [1.165, 1.54) is 44.3 Å². The van der Waals surface area contributed by atoms with Crippen LogP contribution in [0.25, 0.3) is 10.9 Å². The second-order valence-corrected chi connectivity index (χ2v) is 8.29. The molecule has 0 bridgehead atoms. The highest BCUT2D eigenvalue weighted by Crippen LogP contribution is 2.41. The van der Waals surface area contributed by atoms with Crippen molar-refractivity contribution in [3.05, 3.63) is 30.1 Å². The Kier molecular flexibility index (Phi) is 3.68. The first-order valence-corrected chi connectivity index (χ1v) is 9.51.